The van der Waals surface area contributed by atoms with E-state index in [9.17, 15) is 0 Å². The Labute approximate surface area is 94.8 Å². The summed E-state index contributed by atoms with van der Waals surface area (Å²) >= 11 is 0. The van der Waals surface area contributed by atoms with Gasteiger partial charge in [0.05, 0.1) is 19.6 Å². The van der Waals surface area contributed by atoms with Gasteiger partial charge in [0.2, 0.25) is 0 Å². The van der Waals surface area contributed by atoms with Crippen molar-refractivity contribution in [2.75, 3.05) is 26.3 Å². The summed E-state index contributed by atoms with van der Waals surface area (Å²) in [6, 6.07) is 0.860. The average molecular weight is 211 g/mol. The third kappa shape index (κ3) is 1.83. The average Bonchev–Trinajstić information content (AvgIpc) is 2.78. The van der Waals surface area contributed by atoms with E-state index < -0.39 is 0 Å². The number of hydrogen-bond acceptors (Lipinski definition) is 1. The molecule has 0 N–H and O–H groups in total. The molecule has 0 aromatic rings. The van der Waals surface area contributed by atoms with Crippen LogP contribution in [0, 0.1) is 0 Å². The zero-order valence-corrected chi connectivity index (χ0v) is 10.9. The van der Waals surface area contributed by atoms with Crippen LogP contribution in [0.4, 0.5) is 0 Å². The first-order valence-corrected chi connectivity index (χ1v) is 6.61. The Bertz CT molecular complexity index is 229. The van der Waals surface area contributed by atoms with Gasteiger partial charge in [-0.1, -0.05) is 6.92 Å². The maximum Gasteiger partial charge on any atom is 0.135 e. The molecule has 2 heterocycles. The molecule has 2 aliphatic rings. The minimum Gasteiger partial charge on any atom is -0.308 e. The Morgan fingerprint density at radius 1 is 1.27 bits per heavy atom. The standard InChI is InChI=1S/C13H27N2/c1-5-13(3,4)14-10-12(2)15(11-14)8-6-7-9-15/h12H,5-11H2,1-4H3/q+1. The molecule has 0 aromatic carbocycles. The normalized spacial score (nSPS) is 31.6. The lowest BCUT2D eigenvalue weighted by Crippen LogP contribution is -2.50. The highest BCUT2D eigenvalue weighted by atomic mass is 15.5. The number of nitrogens with zero attached hydrogens (tertiary/aromatic N) is 2. The Hall–Kier alpha value is -0.0800. The first-order chi connectivity index (χ1) is 7.00. The molecule has 1 unspecified atom stereocenters. The second kappa shape index (κ2) is 3.74. The van der Waals surface area contributed by atoms with E-state index in [1.165, 1.54) is 50.0 Å². The van der Waals surface area contributed by atoms with E-state index in [0.29, 0.717) is 5.54 Å². The highest BCUT2D eigenvalue weighted by Gasteiger charge is 2.48. The van der Waals surface area contributed by atoms with Crippen molar-refractivity contribution >= 4 is 0 Å². The zero-order chi connectivity index (χ0) is 11.1. The SMILES string of the molecule is CCC(C)(C)N1CC(C)[N+]2(CCCC2)C1. The Kier molecular flexibility index (Phi) is 2.85. The molecule has 2 fully saturated rings. The van der Waals surface area contributed by atoms with Crippen molar-refractivity contribution in [3.05, 3.63) is 0 Å². The maximum absolute atomic E-state index is 2.73. The molecule has 0 amide bonds. The summed E-state index contributed by atoms with van der Waals surface area (Å²) < 4.78 is 1.39. The van der Waals surface area contributed by atoms with Gasteiger partial charge >= 0.3 is 0 Å². The van der Waals surface area contributed by atoms with Crippen LogP contribution in [0.1, 0.15) is 47.0 Å². The predicted octanol–water partition coefficient (Wildman–Crippen LogP) is 2.45. The first kappa shape index (κ1) is 11.4. The molecule has 2 nitrogen and oxygen atoms in total. The molecule has 2 aliphatic heterocycles. The van der Waals surface area contributed by atoms with Crippen molar-refractivity contribution in [1.82, 2.24) is 4.90 Å². The lowest BCUT2D eigenvalue weighted by Gasteiger charge is -2.36. The lowest BCUT2D eigenvalue weighted by atomic mass is 10.00. The van der Waals surface area contributed by atoms with Gasteiger partial charge in [0.1, 0.15) is 12.7 Å². The third-order valence-corrected chi connectivity index (χ3v) is 5.05. The van der Waals surface area contributed by atoms with Gasteiger partial charge in [-0.3, -0.25) is 0 Å². The van der Waals surface area contributed by atoms with Gasteiger partial charge in [-0.25, -0.2) is 4.90 Å². The molecular weight excluding hydrogens is 184 g/mol. The van der Waals surface area contributed by atoms with E-state index in [4.69, 9.17) is 0 Å². The molecule has 2 rings (SSSR count). The Morgan fingerprint density at radius 2 is 1.87 bits per heavy atom. The van der Waals surface area contributed by atoms with Crippen molar-refractivity contribution in [3.8, 4) is 0 Å². The van der Waals surface area contributed by atoms with Crippen LogP contribution in [0.3, 0.4) is 0 Å². The summed E-state index contributed by atoms with van der Waals surface area (Å²) in [4.78, 5) is 2.73. The van der Waals surface area contributed by atoms with Crippen molar-refractivity contribution in [2.24, 2.45) is 0 Å². The van der Waals surface area contributed by atoms with Gasteiger partial charge in [0.15, 0.2) is 0 Å². The molecule has 0 bridgehead atoms. The van der Waals surface area contributed by atoms with E-state index in [1.54, 1.807) is 0 Å². The molecule has 0 radical (unpaired) electrons. The summed E-state index contributed by atoms with van der Waals surface area (Å²) in [5.41, 5.74) is 0.401. The zero-order valence-electron chi connectivity index (χ0n) is 10.9. The molecule has 1 atom stereocenters. The monoisotopic (exact) mass is 211 g/mol. The van der Waals surface area contributed by atoms with Gasteiger partial charge in [0.25, 0.3) is 0 Å². The van der Waals surface area contributed by atoms with Crippen LogP contribution in [0.2, 0.25) is 0 Å². The van der Waals surface area contributed by atoms with Crippen LogP contribution >= 0.6 is 0 Å². The summed E-state index contributed by atoms with van der Waals surface area (Å²) in [5, 5.41) is 0. The summed E-state index contributed by atoms with van der Waals surface area (Å²) in [6.07, 6.45) is 4.16. The van der Waals surface area contributed by atoms with Crippen molar-refractivity contribution < 1.29 is 4.48 Å². The molecular formula is C13H27N2+. The molecule has 0 aliphatic carbocycles. The molecule has 2 heteroatoms. The number of quaternary nitrogens is 1. The predicted molar refractivity (Wildman–Crippen MR) is 64.6 cm³/mol. The lowest BCUT2D eigenvalue weighted by molar-refractivity contribution is -0.930. The van der Waals surface area contributed by atoms with E-state index in [2.05, 4.69) is 32.6 Å². The summed E-state index contributed by atoms with van der Waals surface area (Å²) in [5.74, 6) is 0. The van der Waals surface area contributed by atoms with Crippen LogP contribution < -0.4 is 0 Å². The van der Waals surface area contributed by atoms with E-state index in [1.807, 2.05) is 0 Å². The number of hydrogen-bond donors (Lipinski definition) is 0. The fourth-order valence-electron chi connectivity index (χ4n) is 3.24. The van der Waals surface area contributed by atoms with Crippen LogP contribution in [-0.2, 0) is 0 Å². The Balaban J connectivity index is 2.09. The van der Waals surface area contributed by atoms with Gasteiger partial charge < -0.3 is 4.48 Å². The second-order valence-corrected chi connectivity index (χ2v) is 6.25. The van der Waals surface area contributed by atoms with E-state index >= 15 is 0 Å². The van der Waals surface area contributed by atoms with Gasteiger partial charge in [-0.2, -0.15) is 0 Å². The van der Waals surface area contributed by atoms with Crippen molar-refractivity contribution in [2.45, 2.75) is 58.5 Å². The summed E-state index contributed by atoms with van der Waals surface area (Å²) in [6.45, 7) is 15.0. The first-order valence-electron chi connectivity index (χ1n) is 6.61. The molecule has 15 heavy (non-hydrogen) atoms. The molecule has 2 saturated heterocycles. The van der Waals surface area contributed by atoms with E-state index in [-0.39, 0.29) is 0 Å². The second-order valence-electron chi connectivity index (χ2n) is 6.25. The topological polar surface area (TPSA) is 3.24 Å². The van der Waals surface area contributed by atoms with Gasteiger partial charge in [0, 0.05) is 18.4 Å². The van der Waals surface area contributed by atoms with Crippen LogP contribution in [0.5, 0.6) is 0 Å². The van der Waals surface area contributed by atoms with Crippen LogP contribution in [0.15, 0.2) is 0 Å². The fraction of sp³-hybridized carbons (Fsp3) is 1.00. The molecule has 1 spiro atoms. The highest BCUT2D eigenvalue weighted by Crippen LogP contribution is 2.34. The Morgan fingerprint density at radius 3 is 2.40 bits per heavy atom. The van der Waals surface area contributed by atoms with Gasteiger partial charge in [-0.05, 0) is 27.2 Å². The van der Waals surface area contributed by atoms with Crippen LogP contribution in [0.25, 0.3) is 0 Å². The van der Waals surface area contributed by atoms with Gasteiger partial charge in [-0.15, -0.1) is 0 Å². The summed E-state index contributed by atoms with van der Waals surface area (Å²) in [7, 11) is 0. The molecule has 88 valence electrons. The smallest absolute Gasteiger partial charge is 0.135 e. The highest BCUT2D eigenvalue weighted by molar-refractivity contribution is 4.84. The van der Waals surface area contributed by atoms with Crippen molar-refractivity contribution in [1.29, 1.82) is 0 Å². The van der Waals surface area contributed by atoms with E-state index in [0.717, 1.165) is 6.04 Å². The minimum absolute atomic E-state index is 0.401. The molecule has 0 saturated carbocycles. The molecule has 0 aromatic heterocycles. The fourth-order valence-corrected chi connectivity index (χ4v) is 3.24. The van der Waals surface area contributed by atoms with Crippen molar-refractivity contribution in [3.63, 3.8) is 0 Å². The quantitative estimate of drug-likeness (QED) is 0.634. The van der Waals surface area contributed by atoms with Crippen LogP contribution in [-0.4, -0.2) is 47.3 Å². The minimum atomic E-state index is 0.401. The largest absolute Gasteiger partial charge is 0.308 e. The maximum atomic E-state index is 2.73. The third-order valence-electron chi connectivity index (χ3n) is 5.05. The number of rotatable bonds is 2.